The summed E-state index contributed by atoms with van der Waals surface area (Å²) in [6.07, 6.45) is 3.84. The van der Waals surface area contributed by atoms with E-state index in [1.165, 1.54) is 7.11 Å². The van der Waals surface area contributed by atoms with E-state index < -0.39 is 5.97 Å². The fourth-order valence-corrected chi connectivity index (χ4v) is 1.88. The van der Waals surface area contributed by atoms with Crippen LogP contribution in [0.3, 0.4) is 0 Å². The molecular formula is C18H25NO5. The molecule has 0 aliphatic rings. The Kier molecular flexibility index (Phi) is 7.30. The molecule has 6 heteroatoms. The Morgan fingerprint density at radius 3 is 2.46 bits per heavy atom. The van der Waals surface area contributed by atoms with Crippen molar-refractivity contribution >= 4 is 18.0 Å². The van der Waals surface area contributed by atoms with E-state index in [4.69, 9.17) is 14.2 Å². The highest BCUT2D eigenvalue weighted by molar-refractivity contribution is 5.81. The lowest BCUT2D eigenvalue weighted by Crippen LogP contribution is -2.43. The Hall–Kier alpha value is -2.50. The van der Waals surface area contributed by atoms with Gasteiger partial charge in [-0.2, -0.15) is 0 Å². The first-order chi connectivity index (χ1) is 11.2. The quantitative estimate of drug-likeness (QED) is 0.775. The normalized spacial score (nSPS) is 11.2. The molecule has 1 amide bonds. The smallest absolute Gasteiger partial charge is 0.344 e. The fourth-order valence-electron chi connectivity index (χ4n) is 1.88. The van der Waals surface area contributed by atoms with Gasteiger partial charge in [0, 0.05) is 5.54 Å². The van der Waals surface area contributed by atoms with Crippen LogP contribution in [0.4, 0.5) is 0 Å². The molecule has 0 atom stereocenters. The number of benzene rings is 1. The van der Waals surface area contributed by atoms with E-state index in [0.717, 1.165) is 5.56 Å². The van der Waals surface area contributed by atoms with Crippen LogP contribution >= 0.6 is 0 Å². The first-order valence-corrected chi connectivity index (χ1v) is 7.65. The monoisotopic (exact) mass is 335 g/mol. The lowest BCUT2D eigenvalue weighted by Gasteiger charge is -2.20. The highest BCUT2D eigenvalue weighted by Gasteiger charge is 2.15. The lowest BCUT2D eigenvalue weighted by atomic mass is 10.1. The summed E-state index contributed by atoms with van der Waals surface area (Å²) in [5, 5.41) is 2.70. The molecule has 0 spiro atoms. The molecule has 0 bridgehead atoms. The van der Waals surface area contributed by atoms with Crippen LogP contribution in [0, 0.1) is 0 Å². The third kappa shape index (κ3) is 7.17. The van der Waals surface area contributed by atoms with Crippen LogP contribution in [0.15, 0.2) is 24.3 Å². The summed E-state index contributed by atoms with van der Waals surface area (Å²) < 4.78 is 15.5. The molecule has 0 saturated heterocycles. The van der Waals surface area contributed by atoms with Gasteiger partial charge in [-0.25, -0.2) is 4.79 Å². The van der Waals surface area contributed by atoms with Crippen molar-refractivity contribution in [1.29, 1.82) is 0 Å². The minimum atomic E-state index is -0.626. The Morgan fingerprint density at radius 1 is 1.17 bits per heavy atom. The molecule has 0 heterocycles. The van der Waals surface area contributed by atoms with Crippen LogP contribution in [0.25, 0.3) is 6.08 Å². The molecule has 0 radical (unpaired) electrons. The number of hydrogen-bond donors (Lipinski definition) is 1. The van der Waals surface area contributed by atoms with Crippen molar-refractivity contribution in [2.75, 3.05) is 20.3 Å². The van der Waals surface area contributed by atoms with Gasteiger partial charge in [0.1, 0.15) is 0 Å². The van der Waals surface area contributed by atoms with E-state index in [1.807, 2.05) is 45.9 Å². The zero-order valence-corrected chi connectivity index (χ0v) is 14.8. The second-order valence-corrected chi connectivity index (χ2v) is 6.16. The number of carbonyl (C=O) groups excluding carboxylic acids is 2. The zero-order valence-electron chi connectivity index (χ0n) is 14.8. The number of methoxy groups -OCH3 is 1. The van der Waals surface area contributed by atoms with Crippen molar-refractivity contribution in [3.05, 3.63) is 29.8 Å². The SMILES string of the molecule is C/C=C/c1ccc(OCC(=O)OCC(=O)NC(C)(C)C)c(OC)c1. The molecule has 1 rings (SSSR count). The standard InChI is InChI=1S/C18H25NO5/c1-6-7-13-8-9-14(15(10-13)22-5)23-12-17(21)24-11-16(20)19-18(2,3)4/h6-10H,11-12H2,1-5H3,(H,19,20)/b7-6+. The average Bonchev–Trinajstić information content (AvgIpc) is 2.50. The predicted molar refractivity (Wildman–Crippen MR) is 92.1 cm³/mol. The maximum atomic E-state index is 11.7. The molecule has 0 unspecified atom stereocenters. The van der Waals surface area contributed by atoms with Gasteiger partial charge < -0.3 is 19.5 Å². The molecule has 6 nitrogen and oxygen atoms in total. The van der Waals surface area contributed by atoms with Gasteiger partial charge in [0.2, 0.25) is 0 Å². The molecule has 0 fully saturated rings. The molecule has 0 saturated carbocycles. The summed E-state index contributed by atoms with van der Waals surface area (Å²) in [5.41, 5.74) is 0.588. The number of nitrogens with one attached hydrogen (secondary N) is 1. The van der Waals surface area contributed by atoms with Crippen LogP contribution < -0.4 is 14.8 Å². The van der Waals surface area contributed by atoms with Gasteiger partial charge in [0.15, 0.2) is 24.7 Å². The zero-order chi connectivity index (χ0) is 18.2. The molecule has 1 aromatic rings. The number of esters is 1. The Balaban J connectivity index is 2.51. The lowest BCUT2D eigenvalue weighted by molar-refractivity contribution is -0.150. The summed E-state index contributed by atoms with van der Waals surface area (Å²) in [6.45, 7) is 6.82. The molecule has 0 aliphatic heterocycles. The van der Waals surface area contributed by atoms with Gasteiger partial charge in [-0.05, 0) is 45.4 Å². The van der Waals surface area contributed by atoms with Crippen LogP contribution in [0.2, 0.25) is 0 Å². The summed E-state index contributed by atoms with van der Waals surface area (Å²) in [4.78, 5) is 23.3. The van der Waals surface area contributed by atoms with E-state index >= 15 is 0 Å². The van der Waals surface area contributed by atoms with Crippen molar-refractivity contribution in [3.8, 4) is 11.5 Å². The number of carbonyl (C=O) groups is 2. The van der Waals surface area contributed by atoms with Crippen LogP contribution in [-0.4, -0.2) is 37.7 Å². The first kappa shape index (κ1) is 19.5. The van der Waals surface area contributed by atoms with Crippen LogP contribution in [-0.2, 0) is 14.3 Å². The van der Waals surface area contributed by atoms with Gasteiger partial charge in [-0.15, -0.1) is 0 Å². The van der Waals surface area contributed by atoms with Crippen LogP contribution in [0.5, 0.6) is 11.5 Å². The summed E-state index contributed by atoms with van der Waals surface area (Å²) in [5.74, 6) is -0.0338. The highest BCUT2D eigenvalue weighted by Crippen LogP contribution is 2.28. The Bertz CT molecular complexity index is 602. The largest absolute Gasteiger partial charge is 0.493 e. The van der Waals surface area contributed by atoms with Gasteiger partial charge in [0.25, 0.3) is 5.91 Å². The second-order valence-electron chi connectivity index (χ2n) is 6.16. The van der Waals surface area contributed by atoms with E-state index in [0.29, 0.717) is 11.5 Å². The molecule has 1 N–H and O–H groups in total. The van der Waals surface area contributed by atoms with Crippen molar-refractivity contribution in [3.63, 3.8) is 0 Å². The van der Waals surface area contributed by atoms with Gasteiger partial charge in [-0.1, -0.05) is 18.2 Å². The maximum absolute atomic E-state index is 11.7. The Labute approximate surface area is 142 Å². The molecule has 24 heavy (non-hydrogen) atoms. The number of allylic oxidation sites excluding steroid dienone is 1. The number of ether oxygens (including phenoxy) is 3. The minimum Gasteiger partial charge on any atom is -0.493 e. The number of amides is 1. The molecule has 0 aliphatic carbocycles. The van der Waals surface area contributed by atoms with Gasteiger partial charge in [0.05, 0.1) is 7.11 Å². The highest BCUT2D eigenvalue weighted by atomic mass is 16.6. The first-order valence-electron chi connectivity index (χ1n) is 7.65. The summed E-state index contributed by atoms with van der Waals surface area (Å²) in [6, 6.07) is 5.37. The van der Waals surface area contributed by atoms with E-state index in [1.54, 1.807) is 12.1 Å². The van der Waals surface area contributed by atoms with Crippen LogP contribution in [0.1, 0.15) is 33.3 Å². The third-order valence-electron chi connectivity index (χ3n) is 2.77. The van der Waals surface area contributed by atoms with Gasteiger partial charge in [-0.3, -0.25) is 4.79 Å². The van der Waals surface area contributed by atoms with E-state index in [-0.39, 0.29) is 24.7 Å². The summed E-state index contributed by atoms with van der Waals surface area (Å²) >= 11 is 0. The second kappa shape index (κ2) is 8.96. The minimum absolute atomic E-state index is 0.303. The molecule has 1 aromatic carbocycles. The molecule has 132 valence electrons. The topological polar surface area (TPSA) is 73.9 Å². The van der Waals surface area contributed by atoms with Crippen molar-refractivity contribution in [2.45, 2.75) is 33.2 Å². The maximum Gasteiger partial charge on any atom is 0.344 e. The van der Waals surface area contributed by atoms with E-state index in [2.05, 4.69) is 5.32 Å². The van der Waals surface area contributed by atoms with Crippen molar-refractivity contribution in [1.82, 2.24) is 5.32 Å². The fraction of sp³-hybridized carbons (Fsp3) is 0.444. The third-order valence-corrected chi connectivity index (χ3v) is 2.77. The van der Waals surface area contributed by atoms with Crippen molar-refractivity contribution in [2.24, 2.45) is 0 Å². The Morgan fingerprint density at radius 2 is 1.88 bits per heavy atom. The summed E-state index contributed by atoms with van der Waals surface area (Å²) in [7, 11) is 1.52. The van der Waals surface area contributed by atoms with Gasteiger partial charge >= 0.3 is 5.97 Å². The van der Waals surface area contributed by atoms with E-state index in [9.17, 15) is 9.59 Å². The van der Waals surface area contributed by atoms with Crippen molar-refractivity contribution < 1.29 is 23.8 Å². The average molecular weight is 335 g/mol. The number of rotatable bonds is 7. The molecule has 0 aromatic heterocycles. The number of hydrogen-bond acceptors (Lipinski definition) is 5. The molecular weight excluding hydrogens is 310 g/mol. The predicted octanol–water partition coefficient (Wildman–Crippen LogP) is 2.57.